The van der Waals surface area contributed by atoms with Crippen molar-refractivity contribution in [3.8, 4) is 0 Å². The Balaban J connectivity index is 1.66. The summed E-state index contributed by atoms with van der Waals surface area (Å²) in [6.07, 6.45) is 5.10. The van der Waals surface area contributed by atoms with Gasteiger partial charge >= 0.3 is 0 Å². The Hall–Kier alpha value is -4.00. The fourth-order valence-electron chi connectivity index (χ4n) is 3.30. The Bertz CT molecular complexity index is 1170. The highest BCUT2D eigenvalue weighted by molar-refractivity contribution is 6.10. The summed E-state index contributed by atoms with van der Waals surface area (Å²) in [4.78, 5) is 36.3. The lowest BCUT2D eigenvalue weighted by Gasteiger charge is -2.20. The number of nitrogens with zero attached hydrogens (tertiary/aromatic N) is 4. The minimum Gasteiger partial charge on any atom is -0.345 e. The van der Waals surface area contributed by atoms with E-state index < -0.39 is 0 Å². The molecule has 0 aliphatic rings. The van der Waals surface area contributed by atoms with Gasteiger partial charge in [-0.15, -0.1) is 0 Å². The van der Waals surface area contributed by atoms with E-state index in [-0.39, 0.29) is 23.3 Å². The number of benzene rings is 1. The third-order valence-electron chi connectivity index (χ3n) is 4.76. The third kappa shape index (κ3) is 3.77. The molecule has 0 unspecified atom stereocenters. The van der Waals surface area contributed by atoms with Gasteiger partial charge in [0.2, 0.25) is 5.82 Å². The first-order chi connectivity index (χ1) is 14.7. The minimum atomic E-state index is -0.359. The van der Waals surface area contributed by atoms with Crippen molar-refractivity contribution < 1.29 is 9.59 Å². The predicted octanol–water partition coefficient (Wildman–Crippen LogP) is 3.33. The van der Waals surface area contributed by atoms with Gasteiger partial charge in [-0.25, -0.2) is 4.98 Å². The van der Waals surface area contributed by atoms with Crippen molar-refractivity contribution in [3.63, 3.8) is 0 Å². The van der Waals surface area contributed by atoms with Crippen molar-refractivity contribution in [2.75, 3.05) is 11.4 Å². The Morgan fingerprint density at radius 3 is 2.57 bits per heavy atom. The van der Waals surface area contributed by atoms with Gasteiger partial charge in [-0.05, 0) is 42.8 Å². The molecule has 7 nitrogen and oxygen atoms in total. The number of nitrogens with one attached hydrogen (secondary N) is 1. The van der Waals surface area contributed by atoms with Crippen LogP contribution in [0.25, 0.3) is 5.52 Å². The van der Waals surface area contributed by atoms with Gasteiger partial charge in [0.1, 0.15) is 0 Å². The lowest BCUT2D eigenvalue weighted by molar-refractivity contribution is 0.0940. The molecule has 1 aromatic carbocycles. The second-order valence-corrected chi connectivity index (χ2v) is 6.67. The molecule has 1 N–H and O–H groups in total. The van der Waals surface area contributed by atoms with E-state index in [1.165, 1.54) is 0 Å². The number of hydrogen-bond donors (Lipinski definition) is 1. The first-order valence-electron chi connectivity index (χ1n) is 9.70. The Labute approximate surface area is 174 Å². The normalized spacial score (nSPS) is 10.7. The van der Waals surface area contributed by atoms with Crippen molar-refractivity contribution in [1.29, 1.82) is 0 Å². The van der Waals surface area contributed by atoms with Crippen LogP contribution in [0.2, 0.25) is 0 Å². The van der Waals surface area contributed by atoms with Gasteiger partial charge in [0.25, 0.3) is 11.8 Å². The van der Waals surface area contributed by atoms with Gasteiger partial charge in [-0.1, -0.05) is 30.3 Å². The summed E-state index contributed by atoms with van der Waals surface area (Å²) in [6.45, 7) is 2.71. The monoisotopic (exact) mass is 399 g/mol. The van der Waals surface area contributed by atoms with Crippen LogP contribution >= 0.6 is 0 Å². The Kier molecular flexibility index (Phi) is 5.52. The van der Waals surface area contributed by atoms with Crippen LogP contribution in [0.15, 0.2) is 79.3 Å². The summed E-state index contributed by atoms with van der Waals surface area (Å²) in [5.74, 6) is -0.442. The number of carbonyl (C=O) groups excluding carboxylic acids is 2. The van der Waals surface area contributed by atoms with Crippen LogP contribution in [0.1, 0.15) is 33.6 Å². The molecule has 30 heavy (non-hydrogen) atoms. The second-order valence-electron chi connectivity index (χ2n) is 6.67. The third-order valence-corrected chi connectivity index (χ3v) is 4.76. The molecule has 0 spiro atoms. The average molecular weight is 399 g/mol. The summed E-state index contributed by atoms with van der Waals surface area (Å²) in [5, 5.41) is 2.85. The van der Waals surface area contributed by atoms with Crippen molar-refractivity contribution in [3.05, 3.63) is 96.3 Å². The predicted molar refractivity (Wildman–Crippen MR) is 114 cm³/mol. The molecule has 3 heterocycles. The van der Waals surface area contributed by atoms with Crippen LogP contribution in [0.4, 0.5) is 5.69 Å². The van der Waals surface area contributed by atoms with Crippen LogP contribution < -0.4 is 10.2 Å². The number of carbonyl (C=O) groups is 2. The number of amides is 2. The number of imidazole rings is 1. The fourth-order valence-corrected chi connectivity index (χ4v) is 3.30. The maximum absolute atomic E-state index is 13.3. The first kappa shape index (κ1) is 19.3. The summed E-state index contributed by atoms with van der Waals surface area (Å²) in [7, 11) is 0. The number of pyridine rings is 2. The molecule has 0 radical (unpaired) electrons. The van der Waals surface area contributed by atoms with E-state index in [1.807, 2.05) is 55.5 Å². The maximum Gasteiger partial charge on any atom is 0.287 e. The van der Waals surface area contributed by atoms with E-state index in [9.17, 15) is 9.59 Å². The molecule has 0 saturated carbocycles. The number of para-hydroxylation sites is 1. The quantitative estimate of drug-likeness (QED) is 0.539. The smallest absolute Gasteiger partial charge is 0.287 e. The summed E-state index contributed by atoms with van der Waals surface area (Å²) in [6, 6.07) is 18.5. The molecule has 0 bridgehead atoms. The zero-order valence-electron chi connectivity index (χ0n) is 16.5. The number of aromatic nitrogens is 3. The van der Waals surface area contributed by atoms with Gasteiger partial charge in [-0.2, -0.15) is 0 Å². The molecule has 0 aliphatic carbocycles. The van der Waals surface area contributed by atoms with Gasteiger partial charge in [0.05, 0.1) is 5.52 Å². The molecule has 4 rings (SSSR count). The lowest BCUT2D eigenvalue weighted by Crippen LogP contribution is -2.31. The van der Waals surface area contributed by atoms with Gasteiger partial charge in [0, 0.05) is 37.4 Å². The van der Waals surface area contributed by atoms with Crippen LogP contribution in [0.5, 0.6) is 0 Å². The van der Waals surface area contributed by atoms with Crippen LogP contribution in [0.3, 0.4) is 0 Å². The highest BCUT2D eigenvalue weighted by Gasteiger charge is 2.25. The molecule has 7 heteroatoms. The van der Waals surface area contributed by atoms with Crippen LogP contribution in [-0.2, 0) is 6.54 Å². The molecule has 0 atom stereocenters. The fraction of sp³-hybridized carbons (Fsp3) is 0.130. The van der Waals surface area contributed by atoms with E-state index in [0.717, 1.165) is 11.3 Å². The summed E-state index contributed by atoms with van der Waals surface area (Å²) < 4.78 is 1.64. The number of fused-ring (bicyclic) bond motifs is 1. The maximum atomic E-state index is 13.3. The van der Waals surface area contributed by atoms with E-state index in [2.05, 4.69) is 15.3 Å². The van der Waals surface area contributed by atoms with Gasteiger partial charge < -0.3 is 10.2 Å². The lowest BCUT2D eigenvalue weighted by atomic mass is 10.2. The molecule has 4 aromatic rings. The van der Waals surface area contributed by atoms with Crippen LogP contribution in [0, 0.1) is 0 Å². The number of anilines is 1. The topological polar surface area (TPSA) is 79.6 Å². The summed E-state index contributed by atoms with van der Waals surface area (Å²) in [5.41, 5.74) is 2.49. The average Bonchev–Trinajstić information content (AvgIpc) is 3.19. The molecule has 150 valence electrons. The van der Waals surface area contributed by atoms with Crippen LogP contribution in [-0.4, -0.2) is 32.7 Å². The van der Waals surface area contributed by atoms with E-state index >= 15 is 0 Å². The summed E-state index contributed by atoms with van der Waals surface area (Å²) >= 11 is 0. The molecule has 0 aliphatic heterocycles. The zero-order chi connectivity index (χ0) is 20.9. The standard InChI is InChI=1S/C23H21N5O2/c1-2-27(18-10-4-3-5-11-18)23(30)20-19-12-6-7-14-28(19)21(26-20)22(29)25-16-17-9-8-13-24-15-17/h3-15H,2,16H2,1H3,(H,25,29). The molecule has 0 fully saturated rings. The molecule has 0 saturated heterocycles. The molecule has 2 amide bonds. The van der Waals surface area contributed by atoms with E-state index in [1.54, 1.807) is 40.0 Å². The Morgan fingerprint density at radius 1 is 1.03 bits per heavy atom. The number of hydrogen-bond acceptors (Lipinski definition) is 4. The first-order valence-corrected chi connectivity index (χ1v) is 9.70. The molecule has 3 aromatic heterocycles. The zero-order valence-corrected chi connectivity index (χ0v) is 16.5. The molecular weight excluding hydrogens is 378 g/mol. The van der Waals surface area contributed by atoms with Crippen molar-refractivity contribution in [2.24, 2.45) is 0 Å². The highest BCUT2D eigenvalue weighted by atomic mass is 16.2. The van der Waals surface area contributed by atoms with Crippen molar-refractivity contribution >= 4 is 23.0 Å². The second kappa shape index (κ2) is 8.57. The minimum absolute atomic E-state index is 0.168. The molecular formula is C23H21N5O2. The van der Waals surface area contributed by atoms with Gasteiger partial charge in [-0.3, -0.25) is 19.0 Å². The van der Waals surface area contributed by atoms with E-state index in [0.29, 0.717) is 18.6 Å². The highest BCUT2D eigenvalue weighted by Crippen LogP contribution is 2.20. The van der Waals surface area contributed by atoms with Crippen molar-refractivity contribution in [1.82, 2.24) is 19.7 Å². The van der Waals surface area contributed by atoms with Crippen molar-refractivity contribution in [2.45, 2.75) is 13.5 Å². The largest absolute Gasteiger partial charge is 0.345 e. The Morgan fingerprint density at radius 2 is 1.83 bits per heavy atom. The van der Waals surface area contributed by atoms with E-state index in [4.69, 9.17) is 0 Å². The SMILES string of the molecule is CCN(C(=O)c1nc(C(=O)NCc2cccnc2)n2ccccc12)c1ccccc1. The van der Waals surface area contributed by atoms with Gasteiger partial charge in [0.15, 0.2) is 5.69 Å². The number of rotatable bonds is 6.